The number of sulfonamides is 1. The van der Waals surface area contributed by atoms with E-state index in [1.807, 2.05) is 0 Å². The Hall–Kier alpha value is -3.71. The second-order valence-electron chi connectivity index (χ2n) is 7.12. The minimum atomic E-state index is -3.79. The SMILES string of the molecule is O=C(OCC(=O)N1CCN(S(=O)(=O)c2ccc(F)cc2)CC1)c1cccc(-n2cnnn2)c1. The van der Waals surface area contributed by atoms with Gasteiger partial charge in [0, 0.05) is 26.2 Å². The Balaban J connectivity index is 1.30. The molecule has 1 fully saturated rings. The summed E-state index contributed by atoms with van der Waals surface area (Å²) in [6.45, 7) is -0.0311. The maximum absolute atomic E-state index is 13.1. The van der Waals surface area contributed by atoms with E-state index in [9.17, 15) is 22.4 Å². The molecule has 1 aliphatic heterocycles. The molecule has 0 spiro atoms. The summed E-state index contributed by atoms with van der Waals surface area (Å²) in [6.07, 6.45) is 1.38. The quantitative estimate of drug-likeness (QED) is 0.473. The highest BCUT2D eigenvalue weighted by molar-refractivity contribution is 7.89. The van der Waals surface area contributed by atoms with Gasteiger partial charge in [-0.25, -0.2) is 22.3 Å². The minimum Gasteiger partial charge on any atom is -0.452 e. The number of nitrogens with zero attached hydrogens (tertiary/aromatic N) is 6. The molecule has 33 heavy (non-hydrogen) atoms. The normalized spacial score (nSPS) is 14.8. The predicted molar refractivity (Wildman–Crippen MR) is 111 cm³/mol. The van der Waals surface area contributed by atoms with Crippen molar-refractivity contribution in [1.29, 1.82) is 0 Å². The number of hydrogen-bond acceptors (Lipinski definition) is 8. The number of amides is 1. The second kappa shape index (κ2) is 9.42. The van der Waals surface area contributed by atoms with E-state index >= 15 is 0 Å². The fourth-order valence-corrected chi connectivity index (χ4v) is 4.71. The summed E-state index contributed by atoms with van der Waals surface area (Å²) in [4.78, 5) is 26.2. The van der Waals surface area contributed by atoms with E-state index in [-0.39, 0.29) is 36.6 Å². The maximum Gasteiger partial charge on any atom is 0.338 e. The first-order valence-electron chi connectivity index (χ1n) is 9.88. The van der Waals surface area contributed by atoms with Crippen LogP contribution in [0.5, 0.6) is 0 Å². The van der Waals surface area contributed by atoms with Crippen molar-refractivity contribution in [2.45, 2.75) is 4.90 Å². The summed E-state index contributed by atoms with van der Waals surface area (Å²) in [5.41, 5.74) is 0.783. The molecule has 1 amide bonds. The van der Waals surface area contributed by atoms with Gasteiger partial charge < -0.3 is 9.64 Å². The molecule has 11 nitrogen and oxygen atoms in total. The van der Waals surface area contributed by atoms with E-state index in [2.05, 4.69) is 15.5 Å². The summed E-state index contributed by atoms with van der Waals surface area (Å²) < 4.78 is 46.2. The third-order valence-corrected chi connectivity index (χ3v) is 6.98. The molecule has 13 heteroatoms. The average Bonchev–Trinajstić information content (AvgIpc) is 3.38. The lowest BCUT2D eigenvalue weighted by Gasteiger charge is -2.33. The van der Waals surface area contributed by atoms with Crippen molar-refractivity contribution in [3.05, 3.63) is 66.2 Å². The Kier molecular flexibility index (Phi) is 6.42. The van der Waals surface area contributed by atoms with E-state index in [1.165, 1.54) is 38.4 Å². The zero-order valence-electron chi connectivity index (χ0n) is 17.2. The molecule has 0 saturated carbocycles. The zero-order valence-corrected chi connectivity index (χ0v) is 18.1. The highest BCUT2D eigenvalue weighted by atomic mass is 32.2. The van der Waals surface area contributed by atoms with Gasteiger partial charge in [0.1, 0.15) is 12.1 Å². The fraction of sp³-hybridized carbons (Fsp3) is 0.250. The number of aromatic nitrogens is 4. The molecule has 1 saturated heterocycles. The molecule has 2 aromatic carbocycles. The maximum atomic E-state index is 13.1. The van der Waals surface area contributed by atoms with Gasteiger partial charge in [-0.2, -0.15) is 4.31 Å². The number of carbonyl (C=O) groups excluding carboxylic acids is 2. The highest BCUT2D eigenvalue weighted by Crippen LogP contribution is 2.18. The Morgan fingerprint density at radius 2 is 1.76 bits per heavy atom. The van der Waals surface area contributed by atoms with Crippen molar-refractivity contribution in [1.82, 2.24) is 29.4 Å². The second-order valence-corrected chi connectivity index (χ2v) is 9.06. The molecule has 1 aliphatic rings. The van der Waals surface area contributed by atoms with E-state index < -0.39 is 34.3 Å². The Morgan fingerprint density at radius 3 is 2.42 bits per heavy atom. The van der Waals surface area contributed by atoms with Gasteiger partial charge in [-0.1, -0.05) is 6.07 Å². The van der Waals surface area contributed by atoms with Crippen LogP contribution in [0, 0.1) is 5.82 Å². The minimum absolute atomic E-state index is 0.0125. The van der Waals surface area contributed by atoms with E-state index in [1.54, 1.807) is 18.2 Å². The van der Waals surface area contributed by atoms with Gasteiger partial charge in [0.05, 0.1) is 16.1 Å². The van der Waals surface area contributed by atoms with Crippen molar-refractivity contribution < 1.29 is 27.1 Å². The number of halogens is 1. The summed E-state index contributed by atoms with van der Waals surface area (Å²) in [5, 5.41) is 10.8. The molecular formula is C20H19FN6O5S. The van der Waals surface area contributed by atoms with Crippen molar-refractivity contribution in [3.8, 4) is 5.69 Å². The number of carbonyl (C=O) groups is 2. The lowest BCUT2D eigenvalue weighted by molar-refractivity contribution is -0.135. The van der Waals surface area contributed by atoms with Gasteiger partial charge in [-0.05, 0) is 52.9 Å². The molecule has 2 heterocycles. The van der Waals surface area contributed by atoms with E-state index in [0.29, 0.717) is 5.69 Å². The highest BCUT2D eigenvalue weighted by Gasteiger charge is 2.30. The molecule has 1 aromatic heterocycles. The Morgan fingerprint density at radius 1 is 1.03 bits per heavy atom. The first kappa shape index (κ1) is 22.5. The summed E-state index contributed by atoms with van der Waals surface area (Å²) in [6, 6.07) is 11.0. The molecule has 4 rings (SSSR count). The lowest BCUT2D eigenvalue weighted by atomic mass is 10.2. The number of esters is 1. The predicted octanol–water partition coefficient (Wildman–Crippen LogP) is 0.491. The molecule has 0 atom stereocenters. The molecule has 0 radical (unpaired) electrons. The molecule has 0 bridgehead atoms. The van der Waals surface area contributed by atoms with Crippen LogP contribution in [0.1, 0.15) is 10.4 Å². The van der Waals surface area contributed by atoms with Gasteiger partial charge in [0.25, 0.3) is 5.91 Å². The first-order chi connectivity index (χ1) is 15.8. The largest absolute Gasteiger partial charge is 0.452 e. The molecule has 0 aliphatic carbocycles. The van der Waals surface area contributed by atoms with Crippen LogP contribution in [0.2, 0.25) is 0 Å². The van der Waals surface area contributed by atoms with Crippen molar-refractivity contribution in [3.63, 3.8) is 0 Å². The van der Waals surface area contributed by atoms with Crippen LogP contribution in [-0.2, 0) is 19.6 Å². The zero-order chi connectivity index (χ0) is 23.4. The van der Waals surface area contributed by atoms with Gasteiger partial charge >= 0.3 is 5.97 Å². The summed E-state index contributed by atoms with van der Waals surface area (Å²) in [5.74, 6) is -1.64. The van der Waals surface area contributed by atoms with Crippen LogP contribution in [0.15, 0.2) is 59.8 Å². The number of tetrazole rings is 1. The van der Waals surface area contributed by atoms with Gasteiger partial charge in [0.2, 0.25) is 10.0 Å². The smallest absolute Gasteiger partial charge is 0.338 e. The Labute approximate surface area is 188 Å². The van der Waals surface area contributed by atoms with E-state index in [0.717, 1.165) is 12.1 Å². The van der Waals surface area contributed by atoms with Crippen LogP contribution in [0.25, 0.3) is 5.69 Å². The standard InChI is InChI=1S/C20H19FN6O5S/c21-16-4-6-18(7-5-16)33(30,31)26-10-8-25(9-11-26)19(28)13-32-20(29)15-2-1-3-17(12-15)27-14-22-23-24-27/h1-7,12,14H,8-11,13H2. The number of benzene rings is 2. The van der Waals surface area contributed by atoms with Crippen molar-refractivity contribution in [2.24, 2.45) is 0 Å². The molecule has 3 aromatic rings. The van der Waals surface area contributed by atoms with Gasteiger partial charge in [0.15, 0.2) is 6.61 Å². The third-order valence-electron chi connectivity index (χ3n) is 5.06. The molecule has 0 N–H and O–H groups in total. The van der Waals surface area contributed by atoms with Crippen molar-refractivity contribution >= 4 is 21.9 Å². The third kappa shape index (κ3) is 5.04. The number of rotatable bonds is 6. The molecular weight excluding hydrogens is 455 g/mol. The van der Waals surface area contributed by atoms with Crippen molar-refractivity contribution in [2.75, 3.05) is 32.8 Å². The van der Waals surface area contributed by atoms with Crippen LogP contribution < -0.4 is 0 Å². The Bertz CT molecular complexity index is 1240. The van der Waals surface area contributed by atoms with Crippen LogP contribution in [0.3, 0.4) is 0 Å². The monoisotopic (exact) mass is 474 g/mol. The van der Waals surface area contributed by atoms with Crippen LogP contribution >= 0.6 is 0 Å². The number of piperazine rings is 1. The first-order valence-corrected chi connectivity index (χ1v) is 11.3. The summed E-state index contributed by atoms with van der Waals surface area (Å²) >= 11 is 0. The lowest BCUT2D eigenvalue weighted by Crippen LogP contribution is -2.51. The van der Waals surface area contributed by atoms with Crippen LogP contribution in [-0.4, -0.2) is 82.5 Å². The number of hydrogen-bond donors (Lipinski definition) is 0. The average molecular weight is 474 g/mol. The summed E-state index contributed by atoms with van der Waals surface area (Å²) in [7, 11) is -3.79. The van der Waals surface area contributed by atoms with Gasteiger partial charge in [-0.15, -0.1) is 5.10 Å². The topological polar surface area (TPSA) is 128 Å². The van der Waals surface area contributed by atoms with E-state index in [4.69, 9.17) is 4.74 Å². The fourth-order valence-electron chi connectivity index (χ4n) is 3.29. The number of ether oxygens (including phenoxy) is 1. The molecule has 172 valence electrons. The molecule has 0 unspecified atom stereocenters. The van der Waals surface area contributed by atoms with Gasteiger partial charge in [-0.3, -0.25) is 4.79 Å². The van der Waals surface area contributed by atoms with Crippen LogP contribution in [0.4, 0.5) is 4.39 Å².